The summed E-state index contributed by atoms with van der Waals surface area (Å²) in [6.07, 6.45) is 1.72. The minimum Gasteiger partial charge on any atom is -0.439 e. The van der Waals surface area contributed by atoms with Crippen molar-refractivity contribution in [3.63, 3.8) is 0 Å². The van der Waals surface area contributed by atoms with Crippen LogP contribution < -0.4 is 4.74 Å². The Morgan fingerprint density at radius 1 is 0.788 bits per heavy atom. The second kappa shape index (κ2) is 7.87. The molecule has 0 radical (unpaired) electrons. The quantitative estimate of drug-likeness (QED) is 0.278. The average molecular weight is 448 g/mol. The number of benzene rings is 3. The van der Waals surface area contributed by atoms with E-state index >= 15 is 0 Å². The molecule has 0 fully saturated rings. The summed E-state index contributed by atoms with van der Waals surface area (Å²) in [5, 5.41) is 7.49. The summed E-state index contributed by atoms with van der Waals surface area (Å²) in [4.78, 5) is 4.25. The molecule has 3 aromatic heterocycles. The molecule has 3 aromatic carbocycles. The first-order valence-corrected chi connectivity index (χ1v) is 11.7. The van der Waals surface area contributed by atoms with E-state index in [1.807, 2.05) is 58.5 Å². The largest absolute Gasteiger partial charge is 0.439 e. The highest BCUT2D eigenvalue weighted by molar-refractivity contribution is 7.25. The summed E-state index contributed by atoms with van der Waals surface area (Å²) in [5.41, 5.74) is 5.41. The van der Waals surface area contributed by atoms with E-state index in [1.54, 1.807) is 6.20 Å². The summed E-state index contributed by atoms with van der Waals surface area (Å²) >= 11 is 1.84. The van der Waals surface area contributed by atoms with Crippen molar-refractivity contribution in [1.29, 1.82) is 0 Å². The lowest BCUT2D eigenvalue weighted by Gasteiger charge is -2.09. The number of ether oxygens (including phenoxy) is 1. The Hall–Kier alpha value is -3.96. The van der Waals surface area contributed by atoms with Crippen LogP contribution in [0.1, 0.15) is 11.4 Å². The lowest BCUT2D eigenvalue weighted by atomic mass is 10.0. The van der Waals surface area contributed by atoms with E-state index in [-0.39, 0.29) is 0 Å². The predicted octanol–water partition coefficient (Wildman–Crippen LogP) is 7.71. The number of rotatable bonds is 4. The first-order valence-electron chi connectivity index (χ1n) is 10.8. The van der Waals surface area contributed by atoms with E-state index < -0.39 is 0 Å². The van der Waals surface area contributed by atoms with Gasteiger partial charge in [0.15, 0.2) is 0 Å². The molecule has 0 saturated heterocycles. The SMILES string of the molecule is Cc1nn(-c2cccc(Oc3ccccn3)c2)c(C)c1-c1ccc2sc3ccccc3c2c1. The Morgan fingerprint density at radius 3 is 2.52 bits per heavy atom. The number of aromatic nitrogens is 3. The summed E-state index contributed by atoms with van der Waals surface area (Å²) < 4.78 is 10.5. The van der Waals surface area contributed by atoms with Gasteiger partial charge in [0.25, 0.3) is 0 Å². The molecule has 0 aliphatic rings. The zero-order chi connectivity index (χ0) is 22.4. The van der Waals surface area contributed by atoms with E-state index in [0.717, 1.165) is 22.8 Å². The van der Waals surface area contributed by atoms with Crippen LogP contribution in [-0.2, 0) is 0 Å². The second-order valence-electron chi connectivity index (χ2n) is 8.03. The molecule has 0 aliphatic carbocycles. The Labute approximate surface area is 195 Å². The topological polar surface area (TPSA) is 39.9 Å². The zero-order valence-electron chi connectivity index (χ0n) is 18.3. The van der Waals surface area contributed by atoms with Gasteiger partial charge in [-0.3, -0.25) is 0 Å². The lowest BCUT2D eigenvalue weighted by Crippen LogP contribution is -1.99. The number of hydrogen-bond donors (Lipinski definition) is 0. The molecule has 0 spiro atoms. The summed E-state index contributed by atoms with van der Waals surface area (Å²) in [6, 6.07) is 28.9. The first kappa shape index (κ1) is 19.7. The molecule has 4 nitrogen and oxygen atoms in total. The van der Waals surface area contributed by atoms with Crippen molar-refractivity contribution < 1.29 is 4.74 Å². The normalized spacial score (nSPS) is 11.3. The fourth-order valence-corrected chi connectivity index (χ4v) is 5.49. The van der Waals surface area contributed by atoms with Crippen molar-refractivity contribution in [2.75, 3.05) is 0 Å². The molecule has 6 aromatic rings. The summed E-state index contributed by atoms with van der Waals surface area (Å²) in [5.74, 6) is 1.30. The predicted molar refractivity (Wildman–Crippen MR) is 136 cm³/mol. The van der Waals surface area contributed by atoms with E-state index in [4.69, 9.17) is 9.84 Å². The highest BCUT2D eigenvalue weighted by atomic mass is 32.1. The number of fused-ring (bicyclic) bond motifs is 3. The van der Waals surface area contributed by atoms with Gasteiger partial charge in [0.2, 0.25) is 5.88 Å². The van der Waals surface area contributed by atoms with Gasteiger partial charge in [0.05, 0.1) is 11.4 Å². The summed E-state index contributed by atoms with van der Waals surface area (Å²) in [7, 11) is 0. The third-order valence-electron chi connectivity index (χ3n) is 5.88. The fraction of sp³-hybridized carbons (Fsp3) is 0.0714. The van der Waals surface area contributed by atoms with Crippen molar-refractivity contribution >= 4 is 31.5 Å². The van der Waals surface area contributed by atoms with Gasteiger partial charge in [-0.25, -0.2) is 9.67 Å². The Bertz CT molecular complexity index is 1620. The standard InChI is InChI=1S/C28H21N3OS/c1-18-28(20-13-14-26-24(16-20)23-10-3-4-11-25(23)33-26)19(2)31(30-18)21-8-7-9-22(17-21)32-27-12-5-6-15-29-27/h3-17H,1-2H3. The molecule has 0 atom stereocenters. The van der Waals surface area contributed by atoms with Crippen molar-refractivity contribution in [2.45, 2.75) is 13.8 Å². The fourth-order valence-electron chi connectivity index (χ4n) is 4.40. The third kappa shape index (κ3) is 3.47. The molecule has 160 valence electrons. The maximum absolute atomic E-state index is 5.93. The molecule has 0 N–H and O–H groups in total. The van der Waals surface area contributed by atoms with Gasteiger partial charge < -0.3 is 4.74 Å². The van der Waals surface area contributed by atoms with Gasteiger partial charge in [-0.05, 0) is 55.8 Å². The Kier molecular flexibility index (Phi) is 4.70. The van der Waals surface area contributed by atoms with E-state index in [9.17, 15) is 0 Å². The Morgan fingerprint density at radius 2 is 1.64 bits per heavy atom. The number of thiophene rings is 1. The monoisotopic (exact) mass is 447 g/mol. The lowest BCUT2D eigenvalue weighted by molar-refractivity contribution is 0.462. The smallest absolute Gasteiger partial charge is 0.219 e. The molecular weight excluding hydrogens is 426 g/mol. The van der Waals surface area contributed by atoms with Crippen LogP contribution in [0.5, 0.6) is 11.6 Å². The van der Waals surface area contributed by atoms with Crippen molar-refractivity contribution in [2.24, 2.45) is 0 Å². The maximum Gasteiger partial charge on any atom is 0.219 e. The molecule has 0 saturated carbocycles. The third-order valence-corrected chi connectivity index (χ3v) is 7.03. The van der Waals surface area contributed by atoms with Gasteiger partial charge >= 0.3 is 0 Å². The van der Waals surface area contributed by atoms with E-state index in [2.05, 4.69) is 61.3 Å². The minimum atomic E-state index is 0.569. The van der Waals surface area contributed by atoms with Crippen LogP contribution in [0.25, 0.3) is 37.0 Å². The van der Waals surface area contributed by atoms with Crippen LogP contribution in [-0.4, -0.2) is 14.8 Å². The molecule has 6 rings (SSSR count). The van der Waals surface area contributed by atoms with Gasteiger partial charge in [-0.1, -0.05) is 36.4 Å². The van der Waals surface area contributed by atoms with Gasteiger partial charge in [-0.15, -0.1) is 11.3 Å². The molecule has 0 unspecified atom stereocenters. The highest BCUT2D eigenvalue weighted by Crippen LogP contribution is 2.38. The number of hydrogen-bond acceptors (Lipinski definition) is 4. The van der Waals surface area contributed by atoms with Crippen LogP contribution in [0.15, 0.2) is 91.1 Å². The second-order valence-corrected chi connectivity index (χ2v) is 9.12. The molecule has 3 heterocycles. The number of pyridine rings is 1. The number of aryl methyl sites for hydroxylation is 1. The molecular formula is C28H21N3OS. The first-order chi connectivity index (χ1) is 16.2. The molecule has 33 heavy (non-hydrogen) atoms. The van der Waals surface area contributed by atoms with Crippen LogP contribution in [0.4, 0.5) is 0 Å². The van der Waals surface area contributed by atoms with Crippen molar-refractivity contribution in [1.82, 2.24) is 14.8 Å². The van der Waals surface area contributed by atoms with E-state index in [0.29, 0.717) is 5.88 Å². The van der Waals surface area contributed by atoms with E-state index in [1.165, 1.54) is 31.3 Å². The highest BCUT2D eigenvalue weighted by Gasteiger charge is 2.16. The van der Waals surface area contributed by atoms with Crippen LogP contribution >= 0.6 is 11.3 Å². The van der Waals surface area contributed by atoms with Crippen LogP contribution in [0, 0.1) is 13.8 Å². The van der Waals surface area contributed by atoms with Crippen LogP contribution in [0.2, 0.25) is 0 Å². The van der Waals surface area contributed by atoms with Crippen molar-refractivity contribution in [3.8, 4) is 28.4 Å². The summed E-state index contributed by atoms with van der Waals surface area (Å²) in [6.45, 7) is 4.19. The molecule has 0 aliphatic heterocycles. The van der Waals surface area contributed by atoms with Gasteiger partial charge in [0.1, 0.15) is 5.75 Å². The minimum absolute atomic E-state index is 0.569. The Balaban J connectivity index is 1.42. The van der Waals surface area contributed by atoms with Crippen molar-refractivity contribution in [3.05, 3.63) is 103 Å². The number of nitrogens with zero attached hydrogens (tertiary/aromatic N) is 3. The molecule has 5 heteroatoms. The van der Waals surface area contributed by atoms with Crippen LogP contribution in [0.3, 0.4) is 0 Å². The van der Waals surface area contributed by atoms with Gasteiger partial charge in [-0.2, -0.15) is 5.10 Å². The maximum atomic E-state index is 5.93. The molecule has 0 amide bonds. The zero-order valence-corrected chi connectivity index (χ0v) is 19.1. The van der Waals surface area contributed by atoms with Gasteiger partial charge in [0, 0.05) is 49.8 Å². The average Bonchev–Trinajstić information content (AvgIpc) is 3.36. The molecule has 0 bridgehead atoms.